The lowest BCUT2D eigenvalue weighted by Crippen LogP contribution is -2.47. The molecule has 3 unspecified atom stereocenters. The van der Waals surface area contributed by atoms with Gasteiger partial charge in [-0.25, -0.2) is 14.6 Å². The van der Waals surface area contributed by atoms with Crippen molar-refractivity contribution in [2.75, 3.05) is 32.9 Å². The van der Waals surface area contributed by atoms with Crippen molar-refractivity contribution in [1.82, 2.24) is 10.6 Å². The number of aliphatic imine (C=N–C) groups is 1. The second-order valence-electron chi connectivity index (χ2n) is 15.3. The molecule has 11 heteroatoms. The van der Waals surface area contributed by atoms with Crippen molar-refractivity contribution in [2.24, 2.45) is 21.2 Å². The van der Waals surface area contributed by atoms with E-state index in [1.54, 1.807) is 6.08 Å². The first-order chi connectivity index (χ1) is 22.2. The number of hydrogen-bond acceptors (Lipinski definition) is 8. The van der Waals surface area contributed by atoms with Crippen molar-refractivity contribution in [3.8, 4) is 0 Å². The minimum absolute atomic E-state index is 0.0255. The Morgan fingerprint density at radius 1 is 0.915 bits per heavy atom. The Bertz CT molecular complexity index is 940. The van der Waals surface area contributed by atoms with E-state index < -0.39 is 14.9 Å². The molecule has 0 saturated heterocycles. The van der Waals surface area contributed by atoms with E-state index in [9.17, 15) is 14.4 Å². The molecule has 0 spiro atoms. The second-order valence-corrected chi connectivity index (χ2v) is 18.1. The van der Waals surface area contributed by atoms with Gasteiger partial charge >= 0.3 is 14.9 Å². The van der Waals surface area contributed by atoms with Crippen LogP contribution in [0.1, 0.15) is 146 Å². The van der Waals surface area contributed by atoms with Crippen LogP contribution in [0.5, 0.6) is 0 Å². The Kier molecular flexibility index (Phi) is 20.3. The van der Waals surface area contributed by atoms with Gasteiger partial charge in [-0.15, -0.1) is 0 Å². The van der Waals surface area contributed by atoms with Crippen LogP contribution in [0.25, 0.3) is 0 Å². The van der Waals surface area contributed by atoms with Crippen molar-refractivity contribution < 1.29 is 32.4 Å². The predicted molar refractivity (Wildman–Crippen MR) is 190 cm³/mol. The fourth-order valence-electron chi connectivity index (χ4n) is 7.08. The number of rotatable bonds is 25. The van der Waals surface area contributed by atoms with E-state index in [0.29, 0.717) is 45.4 Å². The topological polar surface area (TPSA) is 125 Å². The zero-order valence-corrected chi connectivity index (χ0v) is 32.4. The highest BCUT2D eigenvalue weighted by Crippen LogP contribution is 2.46. The molecule has 0 heterocycles. The minimum atomic E-state index is -2.72. The number of alkyl carbamates (subject to hydrolysis) is 1. The Balaban J connectivity index is 2.57. The summed E-state index contributed by atoms with van der Waals surface area (Å²) in [4.78, 5) is 40.6. The highest BCUT2D eigenvalue weighted by atomic mass is 28.4. The quantitative estimate of drug-likeness (QED) is 0.0431. The molecular formula is C36H69N3O7Si. The molecule has 0 aromatic carbocycles. The lowest BCUT2D eigenvalue weighted by molar-refractivity contribution is -0.121. The van der Waals surface area contributed by atoms with Crippen LogP contribution in [0.15, 0.2) is 4.99 Å². The van der Waals surface area contributed by atoms with Crippen LogP contribution in [0.2, 0.25) is 6.04 Å². The molecule has 10 nitrogen and oxygen atoms in total. The molecule has 2 N–H and O–H groups in total. The summed E-state index contributed by atoms with van der Waals surface area (Å²) in [5.74, 6) is 0.0417. The van der Waals surface area contributed by atoms with Gasteiger partial charge in [0, 0.05) is 45.4 Å². The Morgan fingerprint density at radius 3 is 2.11 bits per heavy atom. The van der Waals surface area contributed by atoms with Crippen molar-refractivity contribution in [3.05, 3.63) is 0 Å². The van der Waals surface area contributed by atoms with E-state index in [1.165, 1.54) is 6.42 Å². The Morgan fingerprint density at radius 2 is 1.53 bits per heavy atom. The number of unbranched alkanes of at least 4 members (excludes halogenated alkanes) is 4. The van der Waals surface area contributed by atoms with Crippen molar-refractivity contribution in [1.29, 1.82) is 0 Å². The smallest absolute Gasteiger partial charge is 0.446 e. The predicted octanol–water partition coefficient (Wildman–Crippen LogP) is 8.11. The third kappa shape index (κ3) is 18.5. The fourth-order valence-corrected chi connectivity index (χ4v) is 10.1. The molecule has 1 saturated carbocycles. The number of isocyanates is 1. The van der Waals surface area contributed by atoms with E-state index in [2.05, 4.69) is 57.2 Å². The standard InChI is InChI=1S/C36H69N3O7Si/c1-10-14-15-16-19-31(46-33(42)38-28-36(9)25-30(39-29-40)24-35(7,8)26-36)20-17-18-21-32(41)37-27-34(5,6)22-23-47(43-11-2,44-12-3)45-13-4/h30-31H,10-28H2,1-9H3,(H,37,41)(H,38,42). The molecule has 274 valence electrons. The molecule has 1 fully saturated rings. The highest BCUT2D eigenvalue weighted by molar-refractivity contribution is 6.60. The third-order valence-corrected chi connectivity index (χ3v) is 12.2. The summed E-state index contributed by atoms with van der Waals surface area (Å²) in [6, 6.07) is 0.640. The van der Waals surface area contributed by atoms with Gasteiger partial charge in [0.1, 0.15) is 6.10 Å². The third-order valence-electron chi connectivity index (χ3n) is 9.11. The maximum Gasteiger partial charge on any atom is 0.500 e. The van der Waals surface area contributed by atoms with Crippen LogP contribution in [-0.4, -0.2) is 71.9 Å². The average Bonchev–Trinajstić information content (AvgIpc) is 2.98. The lowest BCUT2D eigenvalue weighted by Gasteiger charge is -2.45. The first-order valence-corrected chi connectivity index (χ1v) is 20.3. The summed E-state index contributed by atoms with van der Waals surface area (Å²) in [7, 11) is -2.72. The first-order valence-electron chi connectivity index (χ1n) is 18.4. The molecule has 0 aliphatic heterocycles. The molecule has 1 aliphatic rings. The number of carbonyl (C=O) groups excluding carboxylic acids is 3. The first kappa shape index (κ1) is 43.2. The van der Waals surface area contributed by atoms with Gasteiger partial charge in [-0.2, -0.15) is 0 Å². The van der Waals surface area contributed by atoms with Gasteiger partial charge in [0.15, 0.2) is 0 Å². The Labute approximate surface area is 287 Å². The summed E-state index contributed by atoms with van der Waals surface area (Å²) in [5.41, 5.74) is -0.278. The largest absolute Gasteiger partial charge is 0.500 e. The van der Waals surface area contributed by atoms with Gasteiger partial charge in [-0.05, 0) is 94.8 Å². The van der Waals surface area contributed by atoms with Crippen LogP contribution in [0, 0.1) is 16.2 Å². The number of nitrogens with one attached hydrogen (secondary N) is 2. The number of amides is 2. The van der Waals surface area contributed by atoms with Crippen molar-refractivity contribution in [2.45, 2.75) is 164 Å². The van der Waals surface area contributed by atoms with E-state index >= 15 is 0 Å². The molecular weight excluding hydrogens is 614 g/mol. The van der Waals surface area contributed by atoms with Crippen LogP contribution in [-0.2, 0) is 27.6 Å². The number of nitrogens with zero attached hydrogens (tertiary/aromatic N) is 1. The summed E-state index contributed by atoms with van der Waals surface area (Å²) >= 11 is 0. The van der Waals surface area contributed by atoms with E-state index in [1.807, 2.05) is 20.8 Å². The van der Waals surface area contributed by atoms with Crippen molar-refractivity contribution >= 4 is 26.9 Å². The molecule has 1 aliphatic carbocycles. The van der Waals surface area contributed by atoms with E-state index in [-0.39, 0.29) is 34.3 Å². The zero-order chi connectivity index (χ0) is 35.4. The molecule has 0 aromatic rings. The van der Waals surface area contributed by atoms with E-state index in [0.717, 1.165) is 70.6 Å². The number of carbonyl (C=O) groups is 2. The average molecular weight is 684 g/mol. The van der Waals surface area contributed by atoms with E-state index in [4.69, 9.17) is 18.0 Å². The summed E-state index contributed by atoms with van der Waals surface area (Å²) in [6.45, 7) is 21.6. The maximum atomic E-state index is 12.9. The van der Waals surface area contributed by atoms with Gasteiger partial charge < -0.3 is 28.6 Å². The van der Waals surface area contributed by atoms with Crippen LogP contribution in [0.3, 0.4) is 0 Å². The molecule has 1 rings (SSSR count). The molecule has 3 atom stereocenters. The minimum Gasteiger partial charge on any atom is -0.446 e. The molecule has 0 bridgehead atoms. The number of hydrogen-bond donors (Lipinski definition) is 2. The second kappa shape index (κ2) is 22.0. The fraction of sp³-hybridized carbons (Fsp3) is 0.917. The molecule has 0 radical (unpaired) electrons. The Hall–Kier alpha value is -1.78. The van der Waals surface area contributed by atoms with Gasteiger partial charge in [0.25, 0.3) is 0 Å². The van der Waals surface area contributed by atoms with Gasteiger partial charge in [-0.1, -0.05) is 60.8 Å². The number of ether oxygens (including phenoxy) is 1. The van der Waals surface area contributed by atoms with Gasteiger partial charge in [0.05, 0.1) is 6.04 Å². The van der Waals surface area contributed by atoms with Gasteiger partial charge in [-0.3, -0.25) is 4.79 Å². The van der Waals surface area contributed by atoms with Gasteiger partial charge in [0.2, 0.25) is 12.0 Å². The van der Waals surface area contributed by atoms with Crippen LogP contribution >= 0.6 is 0 Å². The summed E-state index contributed by atoms with van der Waals surface area (Å²) < 4.78 is 23.9. The summed E-state index contributed by atoms with van der Waals surface area (Å²) in [6.07, 6.45) is 12.5. The molecule has 2 amide bonds. The monoisotopic (exact) mass is 683 g/mol. The summed E-state index contributed by atoms with van der Waals surface area (Å²) in [5, 5.41) is 6.14. The lowest BCUT2D eigenvalue weighted by atomic mass is 9.63. The zero-order valence-electron chi connectivity index (χ0n) is 31.4. The van der Waals surface area contributed by atoms with Crippen LogP contribution in [0.4, 0.5) is 4.79 Å². The normalized spacial score (nSPS) is 20.2. The van der Waals surface area contributed by atoms with Crippen LogP contribution < -0.4 is 10.6 Å². The molecule has 47 heavy (non-hydrogen) atoms. The maximum absolute atomic E-state index is 12.9. The SMILES string of the molecule is CCCCCCC(CCCCC(=O)NCC(C)(C)CC[Si](OCC)(OCC)OCC)OC(=O)NCC1(C)CC(N=C=O)CC(C)(C)C1. The molecule has 0 aromatic heterocycles. The highest BCUT2D eigenvalue weighted by Gasteiger charge is 2.42. The van der Waals surface area contributed by atoms with Crippen molar-refractivity contribution in [3.63, 3.8) is 0 Å².